The minimum Gasteiger partial charge on any atom is -0.426 e. The van der Waals surface area contributed by atoms with Gasteiger partial charge in [0.2, 0.25) is 0 Å². The summed E-state index contributed by atoms with van der Waals surface area (Å²) in [6, 6.07) is 13.4. The van der Waals surface area contributed by atoms with E-state index in [1.165, 1.54) is 0 Å². The summed E-state index contributed by atoms with van der Waals surface area (Å²) < 4.78 is 5.30. The zero-order valence-electron chi connectivity index (χ0n) is 12.1. The zero-order chi connectivity index (χ0) is 15.7. The first kappa shape index (κ1) is 14.8. The first-order valence-corrected chi connectivity index (χ1v) is 7.54. The van der Waals surface area contributed by atoms with Gasteiger partial charge in [-0.1, -0.05) is 18.5 Å². The molecule has 1 fully saturated rings. The van der Waals surface area contributed by atoms with Crippen molar-refractivity contribution in [2.75, 3.05) is 0 Å². The van der Waals surface area contributed by atoms with E-state index in [0.29, 0.717) is 27.8 Å². The molecule has 0 unspecified atom stereocenters. The van der Waals surface area contributed by atoms with Crippen LogP contribution in [0.5, 0.6) is 5.75 Å². The molecule has 112 valence electrons. The molecule has 3 nitrogen and oxygen atoms in total. The maximum atomic E-state index is 12.3. The van der Waals surface area contributed by atoms with Gasteiger partial charge >= 0.3 is 5.97 Å². The number of esters is 1. The summed E-state index contributed by atoms with van der Waals surface area (Å²) >= 11 is 5.81. The molecule has 0 radical (unpaired) electrons. The molecule has 0 bridgehead atoms. The molecule has 1 saturated carbocycles. The molecule has 22 heavy (non-hydrogen) atoms. The van der Waals surface area contributed by atoms with Crippen molar-refractivity contribution < 1.29 is 14.3 Å². The highest BCUT2D eigenvalue weighted by atomic mass is 35.5. The molecule has 2 aromatic rings. The van der Waals surface area contributed by atoms with Crippen molar-refractivity contribution >= 4 is 23.4 Å². The maximum Gasteiger partial charge on any atom is 0.314 e. The van der Waals surface area contributed by atoms with Gasteiger partial charge in [-0.05, 0) is 60.9 Å². The number of carbonyl (C=O) groups is 2. The molecule has 0 heterocycles. The molecule has 3 rings (SSSR count). The first-order chi connectivity index (χ1) is 10.5. The predicted molar refractivity (Wildman–Crippen MR) is 84.2 cm³/mol. The normalized spacial score (nSPS) is 19.5. The summed E-state index contributed by atoms with van der Waals surface area (Å²) in [7, 11) is 0. The molecule has 0 amide bonds. The van der Waals surface area contributed by atoms with Gasteiger partial charge in [0.1, 0.15) is 5.75 Å². The summed E-state index contributed by atoms with van der Waals surface area (Å²) in [6.07, 6.45) is 0.895. The van der Waals surface area contributed by atoms with E-state index in [0.717, 1.165) is 6.42 Å². The van der Waals surface area contributed by atoms with Crippen molar-refractivity contribution in [2.45, 2.75) is 13.3 Å². The van der Waals surface area contributed by atoms with Crippen molar-refractivity contribution in [1.82, 2.24) is 0 Å². The minimum atomic E-state index is -0.190. The number of ketones is 1. The van der Waals surface area contributed by atoms with Crippen LogP contribution in [0.4, 0.5) is 0 Å². The maximum absolute atomic E-state index is 12.3. The predicted octanol–water partition coefficient (Wildman–Crippen LogP) is 4.13. The Kier molecular flexibility index (Phi) is 3.99. The van der Waals surface area contributed by atoms with Crippen molar-refractivity contribution in [2.24, 2.45) is 11.8 Å². The quantitative estimate of drug-likeness (QED) is 0.484. The van der Waals surface area contributed by atoms with Crippen molar-refractivity contribution in [3.05, 3.63) is 64.7 Å². The van der Waals surface area contributed by atoms with Crippen molar-refractivity contribution in [1.29, 1.82) is 0 Å². The van der Waals surface area contributed by atoms with Crippen LogP contribution in [-0.2, 0) is 4.79 Å². The number of carbonyl (C=O) groups excluding carboxylic acids is 2. The standard InChI is InChI=1S/C18H15ClO3/c1-11-10-16(11)18(21)22-15-8-4-13(5-9-15)17(20)12-2-6-14(19)7-3-12/h2-9,11,16H,10H2,1H3/t11-,16-/m1/s1. The van der Waals surface area contributed by atoms with Crippen LogP contribution < -0.4 is 4.74 Å². The third kappa shape index (κ3) is 3.20. The van der Waals surface area contributed by atoms with Crippen LogP contribution in [0.3, 0.4) is 0 Å². The van der Waals surface area contributed by atoms with Gasteiger partial charge in [0.15, 0.2) is 5.78 Å². The first-order valence-electron chi connectivity index (χ1n) is 7.16. The zero-order valence-corrected chi connectivity index (χ0v) is 12.8. The lowest BCUT2D eigenvalue weighted by Gasteiger charge is -2.05. The Balaban J connectivity index is 1.69. The van der Waals surface area contributed by atoms with E-state index in [1.54, 1.807) is 48.5 Å². The van der Waals surface area contributed by atoms with Gasteiger partial charge in [0.05, 0.1) is 5.92 Å². The van der Waals surface area contributed by atoms with Gasteiger partial charge in [0.25, 0.3) is 0 Å². The Morgan fingerprint density at radius 3 is 2.00 bits per heavy atom. The van der Waals surface area contributed by atoms with E-state index in [2.05, 4.69) is 0 Å². The fourth-order valence-corrected chi connectivity index (χ4v) is 2.41. The van der Waals surface area contributed by atoms with Crippen LogP contribution in [0.1, 0.15) is 29.3 Å². The van der Waals surface area contributed by atoms with Crippen LogP contribution in [-0.4, -0.2) is 11.8 Å². The average Bonchev–Trinajstić information content (AvgIpc) is 3.25. The van der Waals surface area contributed by atoms with E-state index < -0.39 is 0 Å². The number of hydrogen-bond acceptors (Lipinski definition) is 3. The smallest absolute Gasteiger partial charge is 0.314 e. The van der Waals surface area contributed by atoms with Crippen molar-refractivity contribution in [3.63, 3.8) is 0 Å². The number of ether oxygens (including phenoxy) is 1. The molecular formula is C18H15ClO3. The van der Waals surface area contributed by atoms with Gasteiger partial charge in [-0.3, -0.25) is 9.59 Å². The topological polar surface area (TPSA) is 43.4 Å². The molecular weight excluding hydrogens is 300 g/mol. The number of hydrogen-bond donors (Lipinski definition) is 0. The van der Waals surface area contributed by atoms with Gasteiger partial charge in [-0.2, -0.15) is 0 Å². The number of halogens is 1. The molecule has 4 heteroatoms. The van der Waals surface area contributed by atoms with Crippen LogP contribution in [0.15, 0.2) is 48.5 Å². The molecule has 0 saturated heterocycles. The second-order valence-corrected chi connectivity index (χ2v) is 6.04. The van der Waals surface area contributed by atoms with E-state index >= 15 is 0 Å². The summed E-state index contributed by atoms with van der Waals surface area (Å²) in [6.45, 7) is 2.03. The highest BCUT2D eigenvalue weighted by Gasteiger charge is 2.40. The van der Waals surface area contributed by atoms with Crippen LogP contribution in [0.25, 0.3) is 0 Å². The van der Waals surface area contributed by atoms with Gasteiger partial charge in [-0.25, -0.2) is 0 Å². The van der Waals surface area contributed by atoms with E-state index in [9.17, 15) is 9.59 Å². The Bertz CT molecular complexity index is 704. The number of rotatable bonds is 4. The molecule has 0 N–H and O–H groups in total. The molecule has 1 aliphatic rings. The van der Waals surface area contributed by atoms with Gasteiger partial charge in [0, 0.05) is 16.1 Å². The average molecular weight is 315 g/mol. The Hall–Kier alpha value is -2.13. The second-order valence-electron chi connectivity index (χ2n) is 5.60. The lowest BCUT2D eigenvalue weighted by Crippen LogP contribution is -2.11. The van der Waals surface area contributed by atoms with Gasteiger partial charge < -0.3 is 4.74 Å². The van der Waals surface area contributed by atoms with E-state index in [4.69, 9.17) is 16.3 Å². The molecule has 2 aromatic carbocycles. The van der Waals surface area contributed by atoms with Crippen LogP contribution in [0, 0.1) is 11.8 Å². The van der Waals surface area contributed by atoms with Crippen LogP contribution >= 0.6 is 11.6 Å². The molecule has 0 aliphatic heterocycles. The largest absolute Gasteiger partial charge is 0.426 e. The highest BCUT2D eigenvalue weighted by molar-refractivity contribution is 6.30. The lowest BCUT2D eigenvalue weighted by atomic mass is 10.0. The highest BCUT2D eigenvalue weighted by Crippen LogP contribution is 2.38. The van der Waals surface area contributed by atoms with E-state index in [1.807, 2.05) is 6.92 Å². The third-order valence-corrected chi connectivity index (χ3v) is 4.11. The minimum absolute atomic E-state index is 0.0235. The molecule has 0 aromatic heterocycles. The van der Waals surface area contributed by atoms with Gasteiger partial charge in [-0.15, -0.1) is 0 Å². The fourth-order valence-electron chi connectivity index (χ4n) is 2.28. The van der Waals surface area contributed by atoms with Crippen molar-refractivity contribution in [3.8, 4) is 5.75 Å². The lowest BCUT2D eigenvalue weighted by molar-refractivity contribution is -0.136. The SMILES string of the molecule is C[C@@H]1C[C@H]1C(=O)Oc1ccc(C(=O)c2ccc(Cl)cc2)cc1. The molecule has 2 atom stereocenters. The molecule has 1 aliphatic carbocycles. The Labute approximate surface area is 133 Å². The van der Waals surface area contributed by atoms with Crippen LogP contribution in [0.2, 0.25) is 5.02 Å². The van der Waals surface area contributed by atoms with E-state index in [-0.39, 0.29) is 17.7 Å². The second kappa shape index (κ2) is 5.93. The summed E-state index contributed by atoms with van der Waals surface area (Å²) in [5, 5.41) is 0.591. The third-order valence-electron chi connectivity index (χ3n) is 3.85. The summed E-state index contributed by atoms with van der Waals surface area (Å²) in [4.78, 5) is 24.1. The summed E-state index contributed by atoms with van der Waals surface area (Å²) in [5.74, 6) is 0.625. The fraction of sp³-hybridized carbons (Fsp3) is 0.222. The number of benzene rings is 2. The molecule has 0 spiro atoms. The Morgan fingerprint density at radius 1 is 1.00 bits per heavy atom. The monoisotopic (exact) mass is 314 g/mol. The Morgan fingerprint density at radius 2 is 1.50 bits per heavy atom. The summed E-state index contributed by atoms with van der Waals surface area (Å²) in [5.41, 5.74) is 1.11.